The molecule has 3 rings (SSSR count). The standard InChI is InChI=1S/C11H6O6/c1-4-2-5(12)3-6-7(4)8-9(10(13)15-6)17-11(14)16-8/h2-3,12H,1H3. The van der Waals surface area contributed by atoms with Gasteiger partial charge in [0.1, 0.15) is 11.3 Å². The van der Waals surface area contributed by atoms with Gasteiger partial charge < -0.3 is 18.4 Å². The lowest BCUT2D eigenvalue weighted by Crippen LogP contribution is -1.98. The normalized spacial score (nSPS) is 11.4. The van der Waals surface area contributed by atoms with Crippen LogP contribution in [-0.4, -0.2) is 5.11 Å². The highest BCUT2D eigenvalue weighted by Crippen LogP contribution is 2.28. The molecule has 0 unspecified atom stereocenters. The number of phenols is 1. The van der Waals surface area contributed by atoms with Gasteiger partial charge in [0.05, 0.1) is 5.39 Å². The number of aromatic hydroxyl groups is 1. The van der Waals surface area contributed by atoms with Crippen LogP contribution in [0.25, 0.3) is 22.1 Å². The van der Waals surface area contributed by atoms with E-state index in [0.717, 1.165) is 0 Å². The first-order chi connectivity index (χ1) is 8.06. The molecule has 0 spiro atoms. The van der Waals surface area contributed by atoms with Crippen LogP contribution in [0.4, 0.5) is 0 Å². The second kappa shape index (κ2) is 3.00. The summed E-state index contributed by atoms with van der Waals surface area (Å²) in [7, 11) is 0. The minimum Gasteiger partial charge on any atom is -0.508 e. The van der Waals surface area contributed by atoms with E-state index < -0.39 is 11.4 Å². The summed E-state index contributed by atoms with van der Waals surface area (Å²) in [5, 5.41) is 9.84. The molecule has 0 radical (unpaired) electrons. The molecule has 86 valence electrons. The zero-order chi connectivity index (χ0) is 12.2. The third kappa shape index (κ3) is 1.27. The highest BCUT2D eigenvalue weighted by atomic mass is 16.6. The Morgan fingerprint density at radius 2 is 1.76 bits per heavy atom. The maximum Gasteiger partial charge on any atom is 0.519 e. The third-order valence-corrected chi connectivity index (χ3v) is 2.48. The van der Waals surface area contributed by atoms with E-state index in [9.17, 15) is 14.7 Å². The average Bonchev–Trinajstić information content (AvgIpc) is 2.58. The smallest absolute Gasteiger partial charge is 0.508 e. The van der Waals surface area contributed by atoms with Crippen LogP contribution in [0.15, 0.2) is 35.0 Å². The fraction of sp³-hybridized carbons (Fsp3) is 0.0909. The van der Waals surface area contributed by atoms with Gasteiger partial charge in [-0.25, -0.2) is 9.59 Å². The monoisotopic (exact) mass is 234 g/mol. The summed E-state index contributed by atoms with van der Waals surface area (Å²) < 4.78 is 14.4. The largest absolute Gasteiger partial charge is 0.519 e. The van der Waals surface area contributed by atoms with E-state index in [1.807, 2.05) is 0 Å². The van der Waals surface area contributed by atoms with E-state index in [0.29, 0.717) is 10.9 Å². The van der Waals surface area contributed by atoms with E-state index in [2.05, 4.69) is 4.42 Å². The second-order valence-corrected chi connectivity index (χ2v) is 3.64. The minimum atomic E-state index is -0.965. The molecule has 1 N–H and O–H groups in total. The van der Waals surface area contributed by atoms with Crippen molar-refractivity contribution in [2.24, 2.45) is 0 Å². The van der Waals surface area contributed by atoms with E-state index in [4.69, 9.17) is 8.83 Å². The summed E-state index contributed by atoms with van der Waals surface area (Å²) >= 11 is 0. The molecular weight excluding hydrogens is 228 g/mol. The summed E-state index contributed by atoms with van der Waals surface area (Å²) in [5.41, 5.74) is -0.277. The van der Waals surface area contributed by atoms with Gasteiger partial charge in [0, 0.05) is 6.07 Å². The third-order valence-electron chi connectivity index (χ3n) is 2.48. The van der Waals surface area contributed by atoms with E-state index in [-0.39, 0.29) is 22.5 Å². The zero-order valence-corrected chi connectivity index (χ0v) is 8.64. The summed E-state index contributed by atoms with van der Waals surface area (Å²) in [5.74, 6) is -1.00. The van der Waals surface area contributed by atoms with Crippen LogP contribution < -0.4 is 11.4 Å². The van der Waals surface area contributed by atoms with Gasteiger partial charge in [0.2, 0.25) is 0 Å². The van der Waals surface area contributed by atoms with Gasteiger partial charge >= 0.3 is 11.4 Å². The Hall–Kier alpha value is -2.50. The Labute approximate surface area is 92.7 Å². The predicted molar refractivity (Wildman–Crippen MR) is 57.2 cm³/mol. The van der Waals surface area contributed by atoms with E-state index >= 15 is 0 Å². The van der Waals surface area contributed by atoms with Gasteiger partial charge in [-0.1, -0.05) is 0 Å². The van der Waals surface area contributed by atoms with Crippen molar-refractivity contribution >= 4 is 22.1 Å². The summed E-state index contributed by atoms with van der Waals surface area (Å²) in [4.78, 5) is 22.5. The number of aryl methyl sites for hydroxylation is 1. The molecule has 3 aromatic rings. The molecule has 0 saturated heterocycles. The molecule has 0 saturated carbocycles. The number of phenolic OH excluding ortho intramolecular Hbond substituents is 1. The lowest BCUT2D eigenvalue weighted by Gasteiger charge is -2.01. The topological polar surface area (TPSA) is 93.8 Å². The zero-order valence-electron chi connectivity index (χ0n) is 8.64. The molecule has 0 bridgehead atoms. The van der Waals surface area contributed by atoms with Crippen molar-refractivity contribution in [3.8, 4) is 5.75 Å². The molecule has 0 amide bonds. The lowest BCUT2D eigenvalue weighted by atomic mass is 10.1. The van der Waals surface area contributed by atoms with E-state index in [1.54, 1.807) is 6.92 Å². The van der Waals surface area contributed by atoms with Gasteiger partial charge in [-0.15, -0.1) is 0 Å². The quantitative estimate of drug-likeness (QED) is 0.592. The molecule has 6 heteroatoms. The molecule has 0 fully saturated rings. The van der Waals surface area contributed by atoms with Crippen LogP contribution >= 0.6 is 0 Å². The maximum atomic E-state index is 11.5. The van der Waals surface area contributed by atoms with Gasteiger partial charge in [0.15, 0.2) is 5.58 Å². The molecule has 2 heterocycles. The van der Waals surface area contributed by atoms with Gasteiger partial charge in [-0.05, 0) is 18.6 Å². The molecule has 6 nitrogen and oxygen atoms in total. The molecule has 0 atom stereocenters. The highest BCUT2D eigenvalue weighted by Gasteiger charge is 2.17. The fourth-order valence-electron chi connectivity index (χ4n) is 1.83. The van der Waals surface area contributed by atoms with Crippen LogP contribution in [0.3, 0.4) is 0 Å². The Bertz CT molecular complexity index is 848. The van der Waals surface area contributed by atoms with Crippen molar-refractivity contribution in [1.82, 2.24) is 0 Å². The Kier molecular flexibility index (Phi) is 1.72. The Balaban J connectivity index is 2.72. The number of hydrogen-bond acceptors (Lipinski definition) is 6. The first kappa shape index (κ1) is 9.71. The van der Waals surface area contributed by atoms with Crippen molar-refractivity contribution in [3.05, 3.63) is 38.7 Å². The van der Waals surface area contributed by atoms with E-state index in [1.165, 1.54) is 12.1 Å². The fourth-order valence-corrected chi connectivity index (χ4v) is 1.83. The van der Waals surface area contributed by atoms with Crippen molar-refractivity contribution in [2.75, 3.05) is 0 Å². The van der Waals surface area contributed by atoms with Gasteiger partial charge in [-0.2, -0.15) is 0 Å². The van der Waals surface area contributed by atoms with Crippen LogP contribution in [0.2, 0.25) is 0 Å². The summed E-state index contributed by atoms with van der Waals surface area (Å²) in [6.45, 7) is 1.69. The average molecular weight is 234 g/mol. The number of hydrogen-bond donors (Lipinski definition) is 1. The predicted octanol–water partition coefficient (Wildman–Crippen LogP) is 1.51. The molecular formula is C11H6O6. The molecule has 0 aliphatic heterocycles. The first-order valence-electron chi connectivity index (χ1n) is 4.76. The highest BCUT2D eigenvalue weighted by molar-refractivity contribution is 6.00. The van der Waals surface area contributed by atoms with Crippen molar-refractivity contribution < 1.29 is 18.4 Å². The summed E-state index contributed by atoms with van der Waals surface area (Å²) in [6, 6.07) is 2.74. The van der Waals surface area contributed by atoms with Gasteiger partial charge in [0.25, 0.3) is 5.58 Å². The van der Waals surface area contributed by atoms with Crippen LogP contribution in [-0.2, 0) is 0 Å². The van der Waals surface area contributed by atoms with Crippen molar-refractivity contribution in [2.45, 2.75) is 6.92 Å². The van der Waals surface area contributed by atoms with Crippen LogP contribution in [0.5, 0.6) is 5.75 Å². The SMILES string of the molecule is Cc1cc(O)cc2oc(=O)c3oc(=O)oc3c12. The lowest BCUT2D eigenvalue weighted by molar-refractivity contribution is 0.406. The van der Waals surface area contributed by atoms with Crippen molar-refractivity contribution in [3.63, 3.8) is 0 Å². The molecule has 0 aliphatic rings. The van der Waals surface area contributed by atoms with Gasteiger partial charge in [-0.3, -0.25) is 0 Å². The van der Waals surface area contributed by atoms with Crippen LogP contribution in [0.1, 0.15) is 5.56 Å². The Morgan fingerprint density at radius 1 is 1.06 bits per heavy atom. The van der Waals surface area contributed by atoms with Crippen molar-refractivity contribution in [1.29, 1.82) is 0 Å². The molecule has 2 aromatic heterocycles. The first-order valence-corrected chi connectivity index (χ1v) is 4.76. The summed E-state index contributed by atoms with van der Waals surface area (Å²) in [6.07, 6.45) is 0. The molecule has 0 aliphatic carbocycles. The second-order valence-electron chi connectivity index (χ2n) is 3.64. The number of fused-ring (bicyclic) bond motifs is 3. The molecule has 17 heavy (non-hydrogen) atoms. The van der Waals surface area contributed by atoms with Crippen LogP contribution in [0, 0.1) is 6.92 Å². The minimum absolute atomic E-state index is 0.0386. The maximum absolute atomic E-state index is 11.5. The number of benzene rings is 1. The Morgan fingerprint density at radius 3 is 2.53 bits per heavy atom. The molecule has 1 aromatic carbocycles. The number of rotatable bonds is 0.